The number of carbonyl (C=O) groups is 3. The van der Waals surface area contributed by atoms with Gasteiger partial charge in [0.25, 0.3) is 0 Å². The molecule has 0 amide bonds. The quantitative estimate of drug-likeness (QED) is 0.462. The number of carbonyl (C=O) groups excluding carboxylic acids is 3. The van der Waals surface area contributed by atoms with Gasteiger partial charge in [-0.05, 0) is 36.8 Å². The second kappa shape index (κ2) is 7.37. The SMILES string of the molecule is C=C1CC(OC)C(=O)C2(C)C1CC1OC(=O)C=C3C(C)(C4OC(=O)C=C4C)CC(OC)C2C31C. The summed E-state index contributed by atoms with van der Waals surface area (Å²) in [6.07, 6.45) is 2.73. The van der Waals surface area contributed by atoms with Gasteiger partial charge in [-0.25, -0.2) is 9.59 Å². The minimum Gasteiger partial charge on any atom is -0.458 e. The van der Waals surface area contributed by atoms with Crippen molar-refractivity contribution in [1.82, 2.24) is 0 Å². The molecular formula is C27H34O7. The fourth-order valence-corrected chi connectivity index (χ4v) is 8.43. The first-order valence-electron chi connectivity index (χ1n) is 12.0. The lowest BCUT2D eigenvalue weighted by atomic mass is 9.38. The molecule has 2 heterocycles. The molecule has 0 saturated heterocycles. The highest BCUT2D eigenvalue weighted by Crippen LogP contribution is 2.70. The lowest BCUT2D eigenvalue weighted by molar-refractivity contribution is -0.221. The summed E-state index contributed by atoms with van der Waals surface area (Å²) in [6.45, 7) is 12.4. The Hall–Kier alpha value is -2.25. The number of hydrogen-bond acceptors (Lipinski definition) is 7. The number of cyclic esters (lactones) is 1. The van der Waals surface area contributed by atoms with Gasteiger partial charge in [-0.3, -0.25) is 4.79 Å². The third-order valence-electron chi connectivity index (χ3n) is 9.77. The molecule has 0 aromatic heterocycles. The molecular weight excluding hydrogens is 436 g/mol. The van der Waals surface area contributed by atoms with E-state index in [1.165, 1.54) is 6.08 Å². The van der Waals surface area contributed by atoms with Gasteiger partial charge in [0.2, 0.25) is 0 Å². The van der Waals surface area contributed by atoms with Crippen LogP contribution in [0.5, 0.6) is 0 Å². The second-order valence-electron chi connectivity index (χ2n) is 11.4. The summed E-state index contributed by atoms with van der Waals surface area (Å²) in [5, 5.41) is 0. The first-order chi connectivity index (χ1) is 15.9. The smallest absolute Gasteiger partial charge is 0.331 e. The van der Waals surface area contributed by atoms with Crippen molar-refractivity contribution in [3.05, 3.63) is 35.5 Å². The Kier molecular flexibility index (Phi) is 5.09. The van der Waals surface area contributed by atoms with E-state index in [-0.39, 0.29) is 29.7 Å². The highest BCUT2D eigenvalue weighted by atomic mass is 16.6. The predicted octanol–water partition coefficient (Wildman–Crippen LogP) is 3.33. The molecule has 0 N–H and O–H groups in total. The van der Waals surface area contributed by atoms with Crippen LogP contribution >= 0.6 is 0 Å². The number of ether oxygens (including phenoxy) is 4. The van der Waals surface area contributed by atoms with Gasteiger partial charge in [-0.2, -0.15) is 0 Å². The van der Waals surface area contributed by atoms with Crippen LogP contribution in [0.25, 0.3) is 0 Å². The van der Waals surface area contributed by atoms with Crippen LogP contribution in [-0.4, -0.2) is 56.4 Å². The van der Waals surface area contributed by atoms with Crippen LogP contribution < -0.4 is 0 Å². The lowest BCUT2D eigenvalue weighted by Gasteiger charge is -2.68. The number of hydrogen-bond donors (Lipinski definition) is 0. The van der Waals surface area contributed by atoms with Crippen molar-refractivity contribution in [3.63, 3.8) is 0 Å². The van der Waals surface area contributed by atoms with E-state index < -0.39 is 40.5 Å². The van der Waals surface area contributed by atoms with Gasteiger partial charge in [0.1, 0.15) is 18.3 Å². The topological polar surface area (TPSA) is 88.1 Å². The van der Waals surface area contributed by atoms with Gasteiger partial charge in [0, 0.05) is 55.0 Å². The van der Waals surface area contributed by atoms with E-state index in [1.807, 2.05) is 20.8 Å². The summed E-state index contributed by atoms with van der Waals surface area (Å²) in [7, 11) is 3.23. The van der Waals surface area contributed by atoms with Crippen molar-refractivity contribution < 1.29 is 33.3 Å². The maximum atomic E-state index is 14.0. The zero-order valence-corrected chi connectivity index (χ0v) is 20.8. The zero-order chi connectivity index (χ0) is 24.8. The van der Waals surface area contributed by atoms with Crippen molar-refractivity contribution in [1.29, 1.82) is 0 Å². The van der Waals surface area contributed by atoms with Crippen LogP contribution in [0.3, 0.4) is 0 Å². The van der Waals surface area contributed by atoms with Crippen molar-refractivity contribution in [2.24, 2.45) is 28.1 Å². The summed E-state index contributed by atoms with van der Waals surface area (Å²) in [6, 6.07) is 0. The van der Waals surface area contributed by atoms with E-state index in [4.69, 9.17) is 18.9 Å². The van der Waals surface area contributed by atoms with Crippen molar-refractivity contribution >= 4 is 17.7 Å². The Bertz CT molecular complexity index is 1060. The Labute approximate surface area is 200 Å². The van der Waals surface area contributed by atoms with Crippen LogP contribution in [-0.2, 0) is 33.3 Å². The maximum Gasteiger partial charge on any atom is 0.331 e. The van der Waals surface area contributed by atoms with Gasteiger partial charge in [-0.1, -0.05) is 32.9 Å². The molecule has 9 unspecified atom stereocenters. The normalized spacial score (nSPS) is 47.8. The van der Waals surface area contributed by atoms with E-state index in [9.17, 15) is 14.4 Å². The van der Waals surface area contributed by atoms with Crippen LogP contribution in [0.15, 0.2) is 35.5 Å². The first kappa shape index (κ1) is 23.5. The number of rotatable bonds is 3. The third-order valence-corrected chi connectivity index (χ3v) is 9.77. The van der Waals surface area contributed by atoms with Gasteiger partial charge in [0.05, 0.1) is 6.10 Å². The van der Waals surface area contributed by atoms with Crippen LogP contribution in [0.1, 0.15) is 47.0 Å². The minimum absolute atomic E-state index is 0.0577. The third kappa shape index (κ3) is 2.74. The van der Waals surface area contributed by atoms with Crippen molar-refractivity contribution in [2.75, 3.05) is 14.2 Å². The zero-order valence-electron chi connectivity index (χ0n) is 20.8. The second-order valence-corrected chi connectivity index (χ2v) is 11.4. The number of esters is 2. The minimum atomic E-state index is -0.802. The summed E-state index contributed by atoms with van der Waals surface area (Å²) < 4.78 is 23.5. The molecule has 184 valence electrons. The molecule has 7 nitrogen and oxygen atoms in total. The number of fused-ring (bicyclic) bond motifs is 2. The maximum absolute atomic E-state index is 14.0. The summed E-state index contributed by atoms with van der Waals surface area (Å²) >= 11 is 0. The molecule has 2 aliphatic heterocycles. The molecule has 0 spiro atoms. The molecule has 0 aromatic carbocycles. The van der Waals surface area contributed by atoms with Crippen molar-refractivity contribution in [2.45, 2.75) is 71.4 Å². The van der Waals surface area contributed by atoms with Gasteiger partial charge >= 0.3 is 11.9 Å². The Morgan fingerprint density at radius 1 is 1.00 bits per heavy atom. The first-order valence-corrected chi connectivity index (χ1v) is 12.0. The van der Waals surface area contributed by atoms with E-state index in [1.54, 1.807) is 20.3 Å². The van der Waals surface area contributed by atoms with E-state index >= 15 is 0 Å². The van der Waals surface area contributed by atoms with E-state index in [0.717, 1.165) is 16.7 Å². The average Bonchev–Trinajstić information content (AvgIpc) is 3.12. The van der Waals surface area contributed by atoms with Crippen molar-refractivity contribution in [3.8, 4) is 0 Å². The molecule has 5 rings (SSSR count). The predicted molar refractivity (Wildman–Crippen MR) is 122 cm³/mol. The molecule has 3 saturated carbocycles. The average molecular weight is 471 g/mol. The van der Waals surface area contributed by atoms with E-state index in [2.05, 4.69) is 13.5 Å². The number of ketones is 1. The Morgan fingerprint density at radius 3 is 2.26 bits per heavy atom. The summed E-state index contributed by atoms with van der Waals surface area (Å²) in [5.41, 5.74) is 0.480. The highest BCUT2D eigenvalue weighted by Gasteiger charge is 2.73. The van der Waals surface area contributed by atoms with Gasteiger partial charge < -0.3 is 18.9 Å². The Balaban J connectivity index is 1.73. The molecule has 0 aromatic rings. The van der Waals surface area contributed by atoms with Crippen LogP contribution in [0.4, 0.5) is 0 Å². The lowest BCUT2D eigenvalue weighted by Crippen LogP contribution is -2.71. The summed E-state index contributed by atoms with van der Waals surface area (Å²) in [4.78, 5) is 39.0. The Morgan fingerprint density at radius 2 is 1.68 bits per heavy atom. The largest absolute Gasteiger partial charge is 0.458 e. The fourth-order valence-electron chi connectivity index (χ4n) is 8.43. The van der Waals surface area contributed by atoms with Gasteiger partial charge in [-0.15, -0.1) is 0 Å². The van der Waals surface area contributed by atoms with Crippen LogP contribution in [0.2, 0.25) is 0 Å². The van der Waals surface area contributed by atoms with Crippen LogP contribution in [0, 0.1) is 28.1 Å². The fraction of sp³-hybridized carbons (Fsp3) is 0.667. The summed E-state index contributed by atoms with van der Waals surface area (Å²) in [5.74, 6) is -1.13. The molecule has 34 heavy (non-hydrogen) atoms. The highest BCUT2D eigenvalue weighted by molar-refractivity contribution is 5.92. The number of Topliss-reactive ketones (excluding diaryl/α,β-unsaturated/α-hetero) is 1. The molecule has 3 aliphatic carbocycles. The number of methoxy groups -OCH3 is 2. The molecule has 9 atom stereocenters. The monoisotopic (exact) mass is 470 g/mol. The van der Waals surface area contributed by atoms with Gasteiger partial charge in [0.15, 0.2) is 5.78 Å². The molecule has 5 aliphatic rings. The van der Waals surface area contributed by atoms with E-state index in [0.29, 0.717) is 19.3 Å². The molecule has 3 fully saturated rings. The molecule has 7 heteroatoms. The standard InChI is InChI=1S/C27H34O7/c1-13-8-16(31-6)23(30)26(4)15(13)10-19-27(5)18(11-21(29)33-19)25(3,12-17(32-7)22(26)27)24-14(2)9-20(28)34-24/h9,11,15-17,19,22,24H,1,8,10,12H2,2-7H3. The molecule has 0 radical (unpaired) electrons. The molecule has 0 bridgehead atoms.